The van der Waals surface area contributed by atoms with Crippen LogP contribution in [0.4, 0.5) is 0 Å². The van der Waals surface area contributed by atoms with Gasteiger partial charge in [-0.2, -0.15) is 0 Å². The van der Waals surface area contributed by atoms with E-state index in [9.17, 15) is 19.2 Å². The molecule has 0 aromatic heterocycles. The van der Waals surface area contributed by atoms with Gasteiger partial charge in [0.25, 0.3) is 5.78 Å². The van der Waals surface area contributed by atoms with Gasteiger partial charge in [-0.25, -0.2) is 0 Å². The van der Waals surface area contributed by atoms with E-state index in [1.165, 1.54) is 26.0 Å². The zero-order chi connectivity index (χ0) is 30.1. The van der Waals surface area contributed by atoms with Crippen LogP contribution in [-0.2, 0) is 21.7 Å². The first-order valence-electron chi connectivity index (χ1n) is 12.2. The van der Waals surface area contributed by atoms with Crippen LogP contribution < -0.4 is 0 Å². The van der Waals surface area contributed by atoms with Gasteiger partial charge in [0, 0.05) is 39.8 Å². The summed E-state index contributed by atoms with van der Waals surface area (Å²) in [5.74, 6) is -0.530. The number of aliphatic hydroxyl groups excluding tert-OH is 2. The number of carbonyl (C=O) groups is 2. The minimum atomic E-state index is -0.379. The van der Waals surface area contributed by atoms with Crippen molar-refractivity contribution in [3.05, 3.63) is 143 Å². The number of fused-ring (bicyclic) bond motifs is 1. The normalized spacial score (nSPS) is 11.9. The maximum Gasteiger partial charge on any atom is 0.350 e. The number of carbonyl (C=O) groups excluding carboxylic acids is 4. The van der Waals surface area contributed by atoms with E-state index in [1.807, 2.05) is 36.4 Å². The Labute approximate surface area is 253 Å². The summed E-state index contributed by atoms with van der Waals surface area (Å²) in [5, 5.41) is 31.2. The van der Waals surface area contributed by atoms with Gasteiger partial charge in [-0.3, -0.25) is 19.2 Å². The van der Waals surface area contributed by atoms with Crippen molar-refractivity contribution in [1.29, 1.82) is 0 Å². The second-order valence-corrected chi connectivity index (χ2v) is 8.22. The van der Waals surface area contributed by atoms with Crippen molar-refractivity contribution in [2.24, 2.45) is 0 Å². The Morgan fingerprint density at radius 2 is 1.07 bits per heavy atom. The van der Waals surface area contributed by atoms with Gasteiger partial charge in [-0.15, -0.1) is 0 Å². The molecule has 0 unspecified atom stereocenters. The molecule has 212 valence electrons. The van der Waals surface area contributed by atoms with E-state index in [0.717, 1.165) is 6.08 Å². The molecule has 4 rings (SSSR count). The minimum absolute atomic E-state index is 0. The van der Waals surface area contributed by atoms with Crippen molar-refractivity contribution in [2.75, 3.05) is 6.61 Å². The molecular weight excluding hydrogens is 560 g/mol. The minimum Gasteiger partial charge on any atom is -0.590 e. The van der Waals surface area contributed by atoms with E-state index >= 15 is 0 Å². The first-order chi connectivity index (χ1) is 19.0. The molecule has 1 aliphatic carbocycles. The third kappa shape index (κ3) is 13.5. The maximum atomic E-state index is 11.4. The van der Waals surface area contributed by atoms with Crippen molar-refractivity contribution in [3.63, 3.8) is 0 Å². The van der Waals surface area contributed by atoms with E-state index in [2.05, 4.69) is 0 Å². The van der Waals surface area contributed by atoms with E-state index in [1.54, 1.807) is 55.5 Å². The van der Waals surface area contributed by atoms with Gasteiger partial charge in [0.2, 0.25) is 0 Å². The molecule has 0 fully saturated rings. The fourth-order valence-corrected chi connectivity index (χ4v) is 3.10. The zero-order valence-corrected chi connectivity index (χ0v) is 24.7. The van der Waals surface area contributed by atoms with Crippen LogP contribution >= 0.6 is 0 Å². The van der Waals surface area contributed by atoms with Crippen LogP contribution in [-0.4, -0.2) is 59.8 Å². The van der Waals surface area contributed by atoms with E-state index < -0.39 is 0 Å². The molecule has 8 nitrogen and oxygen atoms in total. The molecular formula is C32H36O8Ti+4. The van der Waals surface area contributed by atoms with Gasteiger partial charge in [-0.05, 0) is 44.2 Å². The third-order valence-electron chi connectivity index (χ3n) is 4.79. The summed E-state index contributed by atoms with van der Waals surface area (Å²) >= 11 is 0. The number of Topliss-reactive ketones (excluding diaryl/α,β-unsaturated/α-hetero) is 1. The molecule has 1 aliphatic rings. The summed E-state index contributed by atoms with van der Waals surface area (Å²) in [5.41, 5.74) is 2.13. The van der Waals surface area contributed by atoms with Crippen molar-refractivity contribution in [1.82, 2.24) is 0 Å². The van der Waals surface area contributed by atoms with E-state index in [0.29, 0.717) is 28.9 Å². The topological polar surface area (TPSA) is 163 Å². The van der Waals surface area contributed by atoms with Crippen molar-refractivity contribution in [3.8, 4) is 0 Å². The summed E-state index contributed by atoms with van der Waals surface area (Å²) in [6.45, 7) is 5.32. The Morgan fingerprint density at radius 3 is 1.44 bits per heavy atom. The van der Waals surface area contributed by atoms with Crippen LogP contribution in [0.1, 0.15) is 52.6 Å². The smallest absolute Gasteiger partial charge is 0.350 e. The van der Waals surface area contributed by atoms with Crippen LogP contribution in [0.25, 0.3) is 0 Å². The number of ketones is 4. The van der Waals surface area contributed by atoms with Crippen LogP contribution in [0.3, 0.4) is 0 Å². The monoisotopic (exact) mass is 596 g/mol. The van der Waals surface area contributed by atoms with Gasteiger partial charge in [0.15, 0.2) is 5.78 Å². The first-order valence-corrected chi connectivity index (χ1v) is 12.2. The standard InChI is InChI=1S/C10H6O3.2C10H10O2.C2H6O.Ti/c11-8-5-9(12)10(13)7-4-2-1-3-6(7)8;2*1-8(11)7-10(12)9-5-3-2-4-6-9;1-2-3;/h1-5,12H;2*2-7,11H,1H3;3H,2H2,1H3;/p+4/b;2*8-7-;;. The Kier molecular flexibility index (Phi) is 17.6. The first kappa shape index (κ1) is 36.6. The van der Waals surface area contributed by atoms with Gasteiger partial charge in [0.05, 0.1) is 40.9 Å². The van der Waals surface area contributed by atoms with E-state index in [4.69, 9.17) is 20.4 Å². The Morgan fingerprint density at radius 1 is 0.732 bits per heavy atom. The van der Waals surface area contributed by atoms with Gasteiger partial charge < -0.3 is 20.4 Å². The molecule has 0 amide bonds. The second kappa shape index (κ2) is 19.7. The zero-order valence-electron chi connectivity index (χ0n) is 23.1. The molecule has 0 bridgehead atoms. The van der Waals surface area contributed by atoms with Gasteiger partial charge in [-0.1, -0.05) is 54.6 Å². The maximum absolute atomic E-state index is 11.4. The van der Waals surface area contributed by atoms with Crippen LogP contribution in [0, 0.1) is 0 Å². The molecule has 41 heavy (non-hydrogen) atoms. The molecule has 3 aromatic rings. The fraction of sp³-hybridized carbons (Fsp3) is 0.125. The van der Waals surface area contributed by atoms with Gasteiger partial charge in [0.1, 0.15) is 6.61 Å². The largest absolute Gasteiger partial charge is 0.590 e. The molecule has 8 N–H and O–H groups in total. The number of aliphatic hydroxyl groups is 2. The summed E-state index contributed by atoms with van der Waals surface area (Å²) < 4.78 is 0. The Hall–Kier alpha value is -4.37. The van der Waals surface area contributed by atoms with Crippen molar-refractivity contribution >= 4 is 23.1 Å². The molecule has 0 spiro atoms. The quantitative estimate of drug-likeness (QED) is 0.149. The SMILES string of the molecule is C/C(O)=C/C(=[OH+])c1ccccc1.C/C(O)=C/C(=[OH+])c1ccccc1.CC[OH2+].O=C1C=C([OH2+])C(=O)c2ccccc21.[Ti]. The molecule has 9 heteroatoms. The average Bonchev–Trinajstić information content (AvgIpc) is 2.93. The van der Waals surface area contributed by atoms with Crippen LogP contribution in [0.15, 0.2) is 120 Å². The fourth-order valence-electron chi connectivity index (χ4n) is 3.10. The molecule has 0 heterocycles. The third-order valence-corrected chi connectivity index (χ3v) is 4.79. The molecule has 0 radical (unpaired) electrons. The number of allylic oxidation sites excluding steroid dienone is 6. The summed E-state index contributed by atoms with van der Waals surface area (Å²) in [4.78, 5) is 41.4. The molecule has 3 aromatic carbocycles. The number of benzene rings is 3. The number of rotatable bonds is 4. The van der Waals surface area contributed by atoms with Crippen LogP contribution in [0.5, 0.6) is 0 Å². The summed E-state index contributed by atoms with van der Waals surface area (Å²) in [6, 6.07) is 24.7. The summed E-state index contributed by atoms with van der Waals surface area (Å²) in [6.07, 6.45) is 3.69. The van der Waals surface area contributed by atoms with Crippen molar-refractivity contribution < 1.29 is 61.3 Å². The molecule has 0 atom stereocenters. The predicted molar refractivity (Wildman–Crippen MR) is 159 cm³/mol. The summed E-state index contributed by atoms with van der Waals surface area (Å²) in [7, 11) is 0. The Bertz CT molecular complexity index is 1320. The number of hydrogen-bond acceptors (Lipinski definition) is 4. The van der Waals surface area contributed by atoms with Crippen molar-refractivity contribution in [2.45, 2.75) is 20.8 Å². The predicted octanol–water partition coefficient (Wildman–Crippen LogP) is 4.49. The van der Waals surface area contributed by atoms with Gasteiger partial charge >= 0.3 is 17.3 Å². The second-order valence-electron chi connectivity index (χ2n) is 8.22. The number of hydrogen-bond donors (Lipinski definition) is 2. The Balaban J connectivity index is 0.000000552. The molecule has 0 saturated heterocycles. The van der Waals surface area contributed by atoms with Crippen LogP contribution in [0.2, 0.25) is 0 Å². The average molecular weight is 596 g/mol. The van der Waals surface area contributed by atoms with E-state index in [-0.39, 0.29) is 62.1 Å². The molecule has 0 aliphatic heterocycles. The molecule has 0 saturated carbocycles.